The number of anilines is 1. The predicted molar refractivity (Wildman–Crippen MR) is 109 cm³/mol. The number of piperazine rings is 1. The molecule has 4 aromatic heterocycles. The van der Waals surface area contributed by atoms with E-state index in [2.05, 4.69) is 41.9 Å². The topological polar surface area (TPSA) is 99.9 Å². The van der Waals surface area contributed by atoms with Gasteiger partial charge in [0.15, 0.2) is 0 Å². The minimum atomic E-state index is 0.518. The molecule has 0 aliphatic carbocycles. The third-order valence-electron chi connectivity index (χ3n) is 5.17. The molecule has 0 saturated carbocycles. The number of imidazole rings is 1. The van der Waals surface area contributed by atoms with Crippen molar-refractivity contribution in [1.29, 1.82) is 0 Å². The Morgan fingerprint density at radius 3 is 2.79 bits per heavy atom. The lowest BCUT2D eigenvalue weighted by Gasteiger charge is -2.33. The number of pyridine rings is 2. The van der Waals surface area contributed by atoms with Crippen molar-refractivity contribution >= 4 is 16.9 Å². The van der Waals surface area contributed by atoms with Gasteiger partial charge in [-0.1, -0.05) is 11.2 Å². The van der Waals surface area contributed by atoms with Crippen molar-refractivity contribution in [2.75, 3.05) is 38.1 Å². The van der Waals surface area contributed by atoms with E-state index in [1.54, 1.807) is 12.4 Å². The molecular formula is C20H22N8O. The summed E-state index contributed by atoms with van der Waals surface area (Å²) in [6, 6.07) is 7.83. The number of aryl methyl sites for hydroxylation is 2. The van der Waals surface area contributed by atoms with Gasteiger partial charge in [-0.25, -0.2) is 9.97 Å². The summed E-state index contributed by atoms with van der Waals surface area (Å²) in [6.45, 7) is 4.02. The summed E-state index contributed by atoms with van der Waals surface area (Å²) in [6.07, 6.45) is 4.81. The average molecular weight is 390 g/mol. The molecule has 1 aliphatic rings. The molecule has 9 nitrogen and oxygen atoms in total. The van der Waals surface area contributed by atoms with Crippen LogP contribution >= 0.6 is 0 Å². The summed E-state index contributed by atoms with van der Waals surface area (Å²) in [5.74, 6) is 2.93. The number of H-pyrrole nitrogens is 1. The summed E-state index contributed by atoms with van der Waals surface area (Å²) >= 11 is 0. The van der Waals surface area contributed by atoms with E-state index in [0.29, 0.717) is 24.6 Å². The Morgan fingerprint density at radius 1 is 1.03 bits per heavy atom. The van der Waals surface area contributed by atoms with Crippen LogP contribution in [0.5, 0.6) is 0 Å². The first-order valence-electron chi connectivity index (χ1n) is 9.77. The lowest BCUT2D eigenvalue weighted by Crippen LogP contribution is -2.44. The van der Waals surface area contributed by atoms with E-state index in [1.165, 1.54) is 0 Å². The average Bonchev–Trinajstić information content (AvgIpc) is 3.39. The van der Waals surface area contributed by atoms with Gasteiger partial charge in [0.25, 0.3) is 0 Å². The minimum Gasteiger partial charge on any atom is -0.354 e. The molecule has 9 heteroatoms. The van der Waals surface area contributed by atoms with E-state index < -0.39 is 0 Å². The summed E-state index contributed by atoms with van der Waals surface area (Å²) in [5.41, 5.74) is 2.57. The second kappa shape index (κ2) is 7.59. The zero-order valence-electron chi connectivity index (χ0n) is 16.2. The molecule has 5 rings (SSSR count). The molecule has 0 unspecified atom stereocenters. The standard InChI is InChI=1S/C20H22N8O/c1-27-9-11-28(12-10-27)18-4-2-3-15(24-18)20-25-19(29-26-20)6-5-17-22-14-7-8-21-13-16(14)23-17/h2-4,7-8,13H,5-6,9-12H2,1H3,(H,22,23). The lowest BCUT2D eigenvalue weighted by molar-refractivity contribution is 0.312. The third kappa shape index (κ3) is 3.81. The zero-order valence-corrected chi connectivity index (χ0v) is 16.2. The van der Waals surface area contributed by atoms with Gasteiger partial charge in [-0.2, -0.15) is 4.98 Å². The lowest BCUT2D eigenvalue weighted by atomic mass is 10.3. The Bertz CT molecular complexity index is 1080. The van der Waals surface area contributed by atoms with Crippen molar-refractivity contribution in [3.63, 3.8) is 0 Å². The van der Waals surface area contributed by atoms with Crippen LogP contribution in [0, 0.1) is 0 Å². The Hall–Kier alpha value is -3.33. The van der Waals surface area contributed by atoms with E-state index in [9.17, 15) is 0 Å². The molecule has 0 atom stereocenters. The molecule has 0 amide bonds. The fourth-order valence-corrected chi connectivity index (χ4v) is 3.47. The number of rotatable bonds is 5. The smallest absolute Gasteiger partial charge is 0.227 e. The maximum absolute atomic E-state index is 5.44. The van der Waals surface area contributed by atoms with Crippen molar-refractivity contribution in [2.45, 2.75) is 12.8 Å². The van der Waals surface area contributed by atoms with Gasteiger partial charge in [-0.15, -0.1) is 0 Å². The Balaban J connectivity index is 1.27. The largest absolute Gasteiger partial charge is 0.354 e. The van der Waals surface area contributed by atoms with Crippen LogP contribution in [0.15, 0.2) is 41.2 Å². The molecule has 1 aliphatic heterocycles. The van der Waals surface area contributed by atoms with Crippen molar-refractivity contribution in [3.8, 4) is 11.5 Å². The van der Waals surface area contributed by atoms with Crippen molar-refractivity contribution in [3.05, 3.63) is 48.4 Å². The van der Waals surface area contributed by atoms with Crippen molar-refractivity contribution in [1.82, 2.24) is 35.0 Å². The number of likely N-dealkylation sites (N-methyl/N-ethyl adjacent to an activating group) is 1. The predicted octanol–water partition coefficient (Wildman–Crippen LogP) is 1.94. The van der Waals surface area contributed by atoms with Gasteiger partial charge in [0, 0.05) is 45.2 Å². The number of hydrogen-bond donors (Lipinski definition) is 1. The van der Waals surface area contributed by atoms with Crippen LogP contribution < -0.4 is 4.90 Å². The first-order valence-corrected chi connectivity index (χ1v) is 9.77. The summed E-state index contributed by atoms with van der Waals surface area (Å²) in [4.78, 5) is 25.8. The van der Waals surface area contributed by atoms with Crippen molar-refractivity contribution in [2.24, 2.45) is 0 Å². The van der Waals surface area contributed by atoms with Crippen LogP contribution in [0.25, 0.3) is 22.6 Å². The van der Waals surface area contributed by atoms with Gasteiger partial charge >= 0.3 is 0 Å². The van der Waals surface area contributed by atoms with Gasteiger partial charge in [0.1, 0.15) is 17.3 Å². The monoisotopic (exact) mass is 390 g/mol. The molecule has 0 radical (unpaired) electrons. The molecule has 148 valence electrons. The molecule has 29 heavy (non-hydrogen) atoms. The van der Waals surface area contributed by atoms with Crippen LogP contribution in [0.4, 0.5) is 5.82 Å². The molecule has 1 N–H and O–H groups in total. The van der Waals surface area contributed by atoms with Crippen LogP contribution in [-0.4, -0.2) is 68.2 Å². The minimum absolute atomic E-state index is 0.518. The third-order valence-corrected chi connectivity index (χ3v) is 5.17. The number of fused-ring (bicyclic) bond motifs is 1. The first-order chi connectivity index (χ1) is 14.2. The highest BCUT2D eigenvalue weighted by molar-refractivity contribution is 5.73. The fourth-order valence-electron chi connectivity index (χ4n) is 3.47. The maximum atomic E-state index is 5.44. The van der Waals surface area contributed by atoms with Gasteiger partial charge in [0.05, 0.1) is 17.2 Å². The molecule has 5 heterocycles. The normalized spacial score (nSPS) is 15.3. The van der Waals surface area contributed by atoms with Crippen LogP contribution in [0.1, 0.15) is 11.7 Å². The SMILES string of the molecule is CN1CCN(c2cccc(-c3noc(CCc4nc5ccncc5[nH]4)n3)n2)CC1. The second-order valence-corrected chi connectivity index (χ2v) is 7.26. The van der Waals surface area contributed by atoms with E-state index in [4.69, 9.17) is 9.51 Å². The Morgan fingerprint density at radius 2 is 1.93 bits per heavy atom. The quantitative estimate of drug-likeness (QED) is 0.552. The zero-order chi connectivity index (χ0) is 19.6. The van der Waals surface area contributed by atoms with Gasteiger partial charge in [-0.05, 0) is 25.2 Å². The summed E-state index contributed by atoms with van der Waals surface area (Å²) in [7, 11) is 2.14. The molecule has 4 aromatic rings. The van der Waals surface area contributed by atoms with Gasteiger partial charge in [-0.3, -0.25) is 4.98 Å². The molecule has 0 aromatic carbocycles. The highest BCUT2D eigenvalue weighted by Gasteiger charge is 2.17. The Labute approximate surface area is 167 Å². The maximum Gasteiger partial charge on any atom is 0.227 e. The highest BCUT2D eigenvalue weighted by atomic mass is 16.5. The summed E-state index contributed by atoms with van der Waals surface area (Å²) < 4.78 is 5.44. The Kier molecular flexibility index (Phi) is 4.65. The number of aromatic amines is 1. The molecular weight excluding hydrogens is 368 g/mol. The highest BCUT2D eigenvalue weighted by Crippen LogP contribution is 2.20. The van der Waals surface area contributed by atoms with Gasteiger partial charge < -0.3 is 19.3 Å². The molecule has 1 saturated heterocycles. The molecule has 1 fully saturated rings. The number of nitrogens with zero attached hydrogens (tertiary/aromatic N) is 7. The van der Waals surface area contributed by atoms with Crippen LogP contribution in [0.3, 0.4) is 0 Å². The first kappa shape index (κ1) is 17.7. The number of aromatic nitrogens is 6. The van der Waals surface area contributed by atoms with E-state index >= 15 is 0 Å². The summed E-state index contributed by atoms with van der Waals surface area (Å²) in [5, 5.41) is 4.12. The van der Waals surface area contributed by atoms with Crippen LogP contribution in [0.2, 0.25) is 0 Å². The molecule has 0 spiro atoms. The van der Waals surface area contributed by atoms with E-state index in [1.807, 2.05) is 24.3 Å². The van der Waals surface area contributed by atoms with Gasteiger partial charge in [0.2, 0.25) is 11.7 Å². The molecule has 0 bridgehead atoms. The van der Waals surface area contributed by atoms with E-state index in [-0.39, 0.29) is 0 Å². The van der Waals surface area contributed by atoms with E-state index in [0.717, 1.165) is 54.5 Å². The number of hydrogen-bond acceptors (Lipinski definition) is 8. The van der Waals surface area contributed by atoms with Crippen molar-refractivity contribution < 1.29 is 4.52 Å². The number of nitrogens with one attached hydrogen (secondary N) is 1. The van der Waals surface area contributed by atoms with Crippen LogP contribution in [-0.2, 0) is 12.8 Å². The second-order valence-electron chi connectivity index (χ2n) is 7.26. The fraction of sp³-hybridized carbons (Fsp3) is 0.350.